The second kappa shape index (κ2) is 4.13. The van der Waals surface area contributed by atoms with Gasteiger partial charge < -0.3 is 10.5 Å². The van der Waals surface area contributed by atoms with Crippen LogP contribution in [0.3, 0.4) is 0 Å². The van der Waals surface area contributed by atoms with Crippen molar-refractivity contribution in [3.05, 3.63) is 23.3 Å². The molecule has 0 unspecified atom stereocenters. The van der Waals surface area contributed by atoms with Crippen molar-refractivity contribution in [2.75, 3.05) is 12.3 Å². The second-order valence-corrected chi connectivity index (χ2v) is 4.34. The van der Waals surface area contributed by atoms with Crippen molar-refractivity contribution in [1.82, 2.24) is 0 Å². The highest BCUT2D eigenvalue weighted by atomic mass is 16.5. The van der Waals surface area contributed by atoms with Crippen LogP contribution in [0.5, 0.6) is 5.75 Å². The monoisotopic (exact) mass is 205 g/mol. The van der Waals surface area contributed by atoms with Gasteiger partial charge in [0.15, 0.2) is 0 Å². The fourth-order valence-corrected chi connectivity index (χ4v) is 1.96. The van der Waals surface area contributed by atoms with E-state index in [0.717, 1.165) is 24.5 Å². The quantitative estimate of drug-likeness (QED) is 0.766. The average molecular weight is 205 g/mol. The minimum Gasteiger partial charge on any atom is -0.491 e. The first-order valence-electron chi connectivity index (χ1n) is 5.75. The molecular weight excluding hydrogens is 186 g/mol. The highest BCUT2D eigenvalue weighted by Gasteiger charge is 2.29. The highest BCUT2D eigenvalue weighted by Crippen LogP contribution is 2.47. The molecule has 0 spiro atoms. The van der Waals surface area contributed by atoms with Crippen molar-refractivity contribution in [3.63, 3.8) is 0 Å². The van der Waals surface area contributed by atoms with Gasteiger partial charge in [-0.25, -0.2) is 0 Å². The third-order valence-corrected chi connectivity index (χ3v) is 2.88. The molecule has 1 aromatic carbocycles. The first kappa shape index (κ1) is 10.3. The molecule has 82 valence electrons. The molecule has 0 aromatic heterocycles. The minimum absolute atomic E-state index is 0.695. The summed E-state index contributed by atoms with van der Waals surface area (Å²) < 4.78 is 5.77. The van der Waals surface area contributed by atoms with E-state index in [1.807, 2.05) is 6.07 Å². The lowest BCUT2D eigenvalue weighted by Gasteiger charge is -2.15. The Morgan fingerprint density at radius 3 is 2.73 bits per heavy atom. The first-order valence-corrected chi connectivity index (χ1v) is 5.75. The van der Waals surface area contributed by atoms with Crippen molar-refractivity contribution in [2.45, 2.75) is 39.0 Å². The van der Waals surface area contributed by atoms with Crippen LogP contribution < -0.4 is 10.5 Å². The molecule has 1 saturated carbocycles. The van der Waals surface area contributed by atoms with Gasteiger partial charge in [-0.05, 0) is 43.7 Å². The van der Waals surface area contributed by atoms with Crippen molar-refractivity contribution >= 4 is 5.69 Å². The molecule has 1 aliphatic rings. The lowest BCUT2D eigenvalue weighted by atomic mass is 10.0. The molecule has 15 heavy (non-hydrogen) atoms. The maximum atomic E-state index is 5.97. The summed E-state index contributed by atoms with van der Waals surface area (Å²) in [6, 6.07) is 4.05. The van der Waals surface area contributed by atoms with Crippen molar-refractivity contribution in [2.24, 2.45) is 0 Å². The molecule has 2 N–H and O–H groups in total. The smallest absolute Gasteiger partial charge is 0.145 e. The van der Waals surface area contributed by atoms with Crippen LogP contribution >= 0.6 is 0 Å². The van der Waals surface area contributed by atoms with E-state index in [9.17, 15) is 0 Å². The molecule has 0 aliphatic heterocycles. The van der Waals surface area contributed by atoms with E-state index < -0.39 is 0 Å². The van der Waals surface area contributed by atoms with E-state index in [-0.39, 0.29) is 0 Å². The zero-order valence-electron chi connectivity index (χ0n) is 9.55. The fourth-order valence-electron chi connectivity index (χ4n) is 1.96. The van der Waals surface area contributed by atoms with Crippen LogP contribution in [0.2, 0.25) is 0 Å². The van der Waals surface area contributed by atoms with Crippen LogP contribution in [0.25, 0.3) is 0 Å². The zero-order chi connectivity index (χ0) is 10.8. The van der Waals surface area contributed by atoms with E-state index in [4.69, 9.17) is 10.5 Å². The number of hydrogen-bond acceptors (Lipinski definition) is 2. The molecule has 0 heterocycles. The summed E-state index contributed by atoms with van der Waals surface area (Å²) in [6.45, 7) is 5.02. The van der Waals surface area contributed by atoms with Gasteiger partial charge in [-0.15, -0.1) is 0 Å². The van der Waals surface area contributed by atoms with Crippen LogP contribution in [-0.2, 0) is 0 Å². The normalized spacial score (nSPS) is 15.3. The van der Waals surface area contributed by atoms with E-state index >= 15 is 0 Å². The van der Waals surface area contributed by atoms with Gasteiger partial charge in [0.05, 0.1) is 12.3 Å². The number of aryl methyl sites for hydroxylation is 1. The molecule has 2 rings (SSSR count). The third-order valence-electron chi connectivity index (χ3n) is 2.88. The highest BCUT2D eigenvalue weighted by molar-refractivity contribution is 5.61. The SMILES string of the molecule is CCCOc1c(N)ccc(C)c1C1CC1. The molecule has 2 heteroatoms. The Kier molecular flexibility index (Phi) is 2.85. The van der Waals surface area contributed by atoms with Crippen molar-refractivity contribution in [3.8, 4) is 5.75 Å². The molecule has 1 aromatic rings. The molecule has 0 atom stereocenters. The number of rotatable bonds is 4. The Labute approximate surface area is 91.4 Å². The summed E-state index contributed by atoms with van der Waals surface area (Å²) in [7, 11) is 0. The van der Waals surface area contributed by atoms with Gasteiger partial charge in [0.2, 0.25) is 0 Å². The maximum Gasteiger partial charge on any atom is 0.145 e. The predicted octanol–water partition coefficient (Wildman–Crippen LogP) is 3.24. The number of nitrogens with two attached hydrogens (primary N) is 1. The summed E-state index contributed by atoms with van der Waals surface area (Å²) in [4.78, 5) is 0. The zero-order valence-corrected chi connectivity index (χ0v) is 9.55. The standard InChI is InChI=1S/C13H19NO/c1-3-8-15-13-11(14)7-4-9(2)12(13)10-5-6-10/h4,7,10H,3,5-6,8,14H2,1-2H3. The lowest BCUT2D eigenvalue weighted by molar-refractivity contribution is 0.315. The maximum absolute atomic E-state index is 5.97. The summed E-state index contributed by atoms with van der Waals surface area (Å²) in [5.41, 5.74) is 9.43. The molecule has 0 amide bonds. The van der Waals surface area contributed by atoms with Crippen molar-refractivity contribution in [1.29, 1.82) is 0 Å². The number of ether oxygens (including phenoxy) is 1. The van der Waals surface area contributed by atoms with Gasteiger partial charge in [0.25, 0.3) is 0 Å². The molecule has 2 nitrogen and oxygen atoms in total. The van der Waals surface area contributed by atoms with Gasteiger partial charge in [-0.3, -0.25) is 0 Å². The Bertz CT molecular complexity index is 356. The summed E-state index contributed by atoms with van der Waals surface area (Å²) in [6.07, 6.45) is 3.59. The average Bonchev–Trinajstić information content (AvgIpc) is 3.03. The van der Waals surface area contributed by atoms with Crippen molar-refractivity contribution < 1.29 is 4.74 Å². The molecule has 0 bridgehead atoms. The number of benzene rings is 1. The Balaban J connectivity index is 2.34. The summed E-state index contributed by atoms with van der Waals surface area (Å²) >= 11 is 0. The Morgan fingerprint density at radius 2 is 2.13 bits per heavy atom. The summed E-state index contributed by atoms with van der Waals surface area (Å²) in [5.74, 6) is 1.64. The van der Waals surface area contributed by atoms with Gasteiger partial charge in [-0.2, -0.15) is 0 Å². The fraction of sp³-hybridized carbons (Fsp3) is 0.538. The van der Waals surface area contributed by atoms with E-state index in [1.54, 1.807) is 0 Å². The lowest BCUT2D eigenvalue weighted by Crippen LogP contribution is -2.03. The van der Waals surface area contributed by atoms with Gasteiger partial charge in [-0.1, -0.05) is 13.0 Å². The minimum atomic E-state index is 0.695. The molecule has 0 radical (unpaired) electrons. The molecule has 0 saturated heterocycles. The third kappa shape index (κ3) is 2.09. The largest absolute Gasteiger partial charge is 0.491 e. The van der Waals surface area contributed by atoms with Crippen LogP contribution in [0.1, 0.15) is 43.2 Å². The van der Waals surface area contributed by atoms with E-state index in [1.165, 1.54) is 24.0 Å². The predicted molar refractivity (Wildman–Crippen MR) is 63.4 cm³/mol. The number of anilines is 1. The van der Waals surface area contributed by atoms with Crippen LogP contribution in [0.4, 0.5) is 5.69 Å². The van der Waals surface area contributed by atoms with Crippen LogP contribution in [0, 0.1) is 6.92 Å². The molecule has 1 fully saturated rings. The summed E-state index contributed by atoms with van der Waals surface area (Å²) in [5, 5.41) is 0. The number of nitrogen functional groups attached to an aromatic ring is 1. The number of hydrogen-bond donors (Lipinski definition) is 1. The second-order valence-electron chi connectivity index (χ2n) is 4.34. The van der Waals surface area contributed by atoms with Crippen LogP contribution in [0.15, 0.2) is 12.1 Å². The van der Waals surface area contributed by atoms with E-state index in [0.29, 0.717) is 5.92 Å². The van der Waals surface area contributed by atoms with Gasteiger partial charge >= 0.3 is 0 Å². The van der Waals surface area contributed by atoms with E-state index in [2.05, 4.69) is 19.9 Å². The molecule has 1 aliphatic carbocycles. The van der Waals surface area contributed by atoms with Gasteiger partial charge in [0.1, 0.15) is 5.75 Å². The topological polar surface area (TPSA) is 35.2 Å². The molecular formula is C13H19NO. The van der Waals surface area contributed by atoms with Crippen LogP contribution in [-0.4, -0.2) is 6.61 Å². The first-order chi connectivity index (χ1) is 7.24. The Hall–Kier alpha value is -1.18. The Morgan fingerprint density at radius 1 is 1.40 bits per heavy atom. The van der Waals surface area contributed by atoms with Gasteiger partial charge in [0, 0.05) is 5.56 Å².